The third kappa shape index (κ3) is 3.68. The molecule has 0 aliphatic heterocycles. The molecular weight excluding hydrogens is 124 g/mol. The highest BCUT2D eigenvalue weighted by atomic mass is 16.3. The van der Waals surface area contributed by atoms with Crippen LogP contribution >= 0.6 is 0 Å². The Morgan fingerprint density at radius 2 is 1.67 bits per heavy atom. The summed E-state index contributed by atoms with van der Waals surface area (Å²) in [6.07, 6.45) is 0. The van der Waals surface area contributed by atoms with E-state index in [4.69, 9.17) is 5.73 Å². The Hall–Kier alpha value is -0.880. The molecule has 0 saturated heterocycles. The number of hydrogen-bond donors (Lipinski definition) is 1. The number of rotatable bonds is 5. The van der Waals surface area contributed by atoms with Crippen molar-refractivity contribution < 1.29 is 0 Å². The van der Waals surface area contributed by atoms with Gasteiger partial charge in [-0.2, -0.15) is 0 Å². The summed E-state index contributed by atoms with van der Waals surface area (Å²) in [5.41, 5.74) is 5.07. The molecule has 6 heteroatoms. The van der Waals surface area contributed by atoms with Gasteiger partial charge >= 0.3 is 0 Å². The van der Waals surface area contributed by atoms with Gasteiger partial charge in [0.1, 0.15) is 13.3 Å². The van der Waals surface area contributed by atoms with Gasteiger partial charge in [0.25, 0.3) is 0 Å². The number of nitrogens with zero attached hydrogens (tertiary/aromatic N) is 3. The standard InChI is InChI=1S/C3H8N4O2/c4-1-7(2-5-8)3-6-9/h1-4H2. The van der Waals surface area contributed by atoms with Crippen LogP contribution in [0, 0.1) is 9.81 Å². The molecule has 0 aliphatic carbocycles. The molecule has 0 fully saturated rings. The fraction of sp³-hybridized carbons (Fsp3) is 1.00. The molecule has 0 bridgehead atoms. The molecule has 0 atom stereocenters. The van der Waals surface area contributed by atoms with Gasteiger partial charge in [-0.25, -0.2) is 4.90 Å². The van der Waals surface area contributed by atoms with E-state index in [1.165, 1.54) is 4.90 Å². The van der Waals surface area contributed by atoms with Crippen molar-refractivity contribution in [2.75, 3.05) is 20.0 Å². The molecule has 52 valence electrons. The molecule has 0 amide bonds. The third-order valence-electron chi connectivity index (χ3n) is 0.774. The maximum atomic E-state index is 9.56. The van der Waals surface area contributed by atoms with E-state index in [2.05, 4.69) is 10.4 Å². The minimum absolute atomic E-state index is 0.0811. The summed E-state index contributed by atoms with van der Waals surface area (Å²) in [6, 6.07) is 0. The molecule has 6 nitrogen and oxygen atoms in total. The molecule has 0 aromatic rings. The molecule has 0 aromatic carbocycles. The lowest BCUT2D eigenvalue weighted by Gasteiger charge is -2.09. The van der Waals surface area contributed by atoms with Crippen LogP contribution < -0.4 is 5.73 Å². The van der Waals surface area contributed by atoms with Crippen LogP contribution in [-0.4, -0.2) is 24.9 Å². The van der Waals surface area contributed by atoms with Crippen molar-refractivity contribution in [3.63, 3.8) is 0 Å². The summed E-state index contributed by atoms with van der Waals surface area (Å²) in [5, 5.41) is 5.04. The first-order valence-electron chi connectivity index (χ1n) is 2.35. The molecular formula is C3H8N4O2. The Morgan fingerprint density at radius 1 is 1.22 bits per heavy atom. The normalized spacial score (nSPS) is 9.56. The SMILES string of the molecule is NCN(CN=O)CN=O. The first-order valence-corrected chi connectivity index (χ1v) is 2.35. The van der Waals surface area contributed by atoms with Crippen molar-refractivity contribution in [1.29, 1.82) is 0 Å². The summed E-state index contributed by atoms with van der Waals surface area (Å²) in [7, 11) is 0. The Bertz CT molecular complexity index is 85.8. The van der Waals surface area contributed by atoms with Crippen LogP contribution in [0.15, 0.2) is 10.4 Å². The van der Waals surface area contributed by atoms with Gasteiger partial charge in [-0.3, -0.25) is 0 Å². The summed E-state index contributed by atoms with van der Waals surface area (Å²) >= 11 is 0. The molecule has 0 heterocycles. The van der Waals surface area contributed by atoms with E-state index in [-0.39, 0.29) is 20.0 Å². The van der Waals surface area contributed by atoms with E-state index in [1.807, 2.05) is 0 Å². The Balaban J connectivity index is 3.39. The quantitative estimate of drug-likeness (QED) is 0.409. The van der Waals surface area contributed by atoms with E-state index >= 15 is 0 Å². The average Bonchev–Trinajstić information content (AvgIpc) is 1.88. The highest BCUT2D eigenvalue weighted by molar-refractivity contribution is 4.47. The minimum atomic E-state index is -0.0811. The van der Waals surface area contributed by atoms with Gasteiger partial charge in [0.2, 0.25) is 0 Å². The lowest BCUT2D eigenvalue weighted by atomic mass is 10.8. The third-order valence-corrected chi connectivity index (χ3v) is 0.774. The zero-order valence-electron chi connectivity index (χ0n) is 4.86. The monoisotopic (exact) mass is 132 g/mol. The predicted octanol–water partition coefficient (Wildman–Crippen LogP) is -0.348. The molecule has 2 N–H and O–H groups in total. The van der Waals surface area contributed by atoms with Crippen molar-refractivity contribution in [2.24, 2.45) is 16.1 Å². The largest absolute Gasteiger partial charge is 0.318 e. The zero-order chi connectivity index (χ0) is 7.11. The van der Waals surface area contributed by atoms with Crippen LogP contribution in [0.1, 0.15) is 0 Å². The van der Waals surface area contributed by atoms with Gasteiger partial charge in [0.05, 0.1) is 0 Å². The van der Waals surface area contributed by atoms with Crippen LogP contribution in [0.5, 0.6) is 0 Å². The first kappa shape index (κ1) is 8.12. The fourth-order valence-electron chi connectivity index (χ4n) is 0.323. The highest BCUT2D eigenvalue weighted by Crippen LogP contribution is 1.83. The van der Waals surface area contributed by atoms with Crippen LogP contribution in [0.4, 0.5) is 0 Å². The van der Waals surface area contributed by atoms with Crippen molar-refractivity contribution >= 4 is 0 Å². The minimum Gasteiger partial charge on any atom is -0.318 e. The summed E-state index contributed by atoms with van der Waals surface area (Å²) < 4.78 is 0. The van der Waals surface area contributed by atoms with Gasteiger partial charge in [-0.1, -0.05) is 10.4 Å². The first-order chi connectivity index (χ1) is 4.35. The summed E-state index contributed by atoms with van der Waals surface area (Å²) in [6.45, 7) is -0.0397. The second-order valence-electron chi connectivity index (χ2n) is 1.39. The van der Waals surface area contributed by atoms with Crippen LogP contribution in [0.2, 0.25) is 0 Å². The van der Waals surface area contributed by atoms with Crippen LogP contribution in [-0.2, 0) is 0 Å². The molecule has 0 aromatic heterocycles. The molecule has 0 rings (SSSR count). The molecule has 0 unspecified atom stereocenters. The molecule has 0 saturated carbocycles. The second kappa shape index (κ2) is 5.26. The van der Waals surface area contributed by atoms with Gasteiger partial charge in [0.15, 0.2) is 0 Å². The molecule has 9 heavy (non-hydrogen) atoms. The Labute approximate surface area is 52.0 Å². The Kier molecular flexibility index (Phi) is 4.75. The maximum Gasteiger partial charge on any atom is 0.136 e. The lowest BCUT2D eigenvalue weighted by molar-refractivity contribution is 0.299. The van der Waals surface area contributed by atoms with E-state index in [1.54, 1.807) is 0 Å². The highest BCUT2D eigenvalue weighted by Gasteiger charge is 1.98. The number of nitroso groups, excluding NO2 is 2. The lowest BCUT2D eigenvalue weighted by Crippen LogP contribution is -2.29. The van der Waals surface area contributed by atoms with Crippen LogP contribution in [0.25, 0.3) is 0 Å². The van der Waals surface area contributed by atoms with Crippen LogP contribution in [0.3, 0.4) is 0 Å². The smallest absolute Gasteiger partial charge is 0.136 e. The predicted molar refractivity (Wildman–Crippen MR) is 32.2 cm³/mol. The molecule has 0 aliphatic rings. The number of hydrogen-bond acceptors (Lipinski definition) is 6. The van der Waals surface area contributed by atoms with E-state index < -0.39 is 0 Å². The van der Waals surface area contributed by atoms with Crippen molar-refractivity contribution in [3.8, 4) is 0 Å². The van der Waals surface area contributed by atoms with Gasteiger partial charge in [0, 0.05) is 6.67 Å². The maximum absolute atomic E-state index is 9.56. The fourth-order valence-corrected chi connectivity index (χ4v) is 0.323. The molecule has 0 radical (unpaired) electrons. The molecule has 0 spiro atoms. The van der Waals surface area contributed by atoms with Gasteiger partial charge in [-0.15, -0.1) is 9.81 Å². The van der Waals surface area contributed by atoms with E-state index in [9.17, 15) is 9.81 Å². The van der Waals surface area contributed by atoms with Gasteiger partial charge in [-0.05, 0) is 0 Å². The summed E-state index contributed by atoms with van der Waals surface area (Å²) in [4.78, 5) is 20.4. The van der Waals surface area contributed by atoms with Crippen molar-refractivity contribution in [1.82, 2.24) is 4.90 Å². The van der Waals surface area contributed by atoms with E-state index in [0.717, 1.165) is 0 Å². The average molecular weight is 132 g/mol. The topological polar surface area (TPSA) is 88.1 Å². The number of nitrogens with two attached hydrogens (primary N) is 1. The Morgan fingerprint density at radius 3 is 1.89 bits per heavy atom. The van der Waals surface area contributed by atoms with Crippen molar-refractivity contribution in [3.05, 3.63) is 9.81 Å². The van der Waals surface area contributed by atoms with Crippen molar-refractivity contribution in [2.45, 2.75) is 0 Å². The second-order valence-corrected chi connectivity index (χ2v) is 1.39. The summed E-state index contributed by atoms with van der Waals surface area (Å²) in [5.74, 6) is 0. The van der Waals surface area contributed by atoms with E-state index in [0.29, 0.717) is 0 Å². The zero-order valence-corrected chi connectivity index (χ0v) is 4.86. The van der Waals surface area contributed by atoms with Gasteiger partial charge < -0.3 is 5.73 Å².